The normalized spacial score (nSPS) is 16.1. The number of hydrogen-bond acceptors (Lipinski definition) is 4. The Hall–Kier alpha value is -2.21. The van der Waals surface area contributed by atoms with Crippen molar-refractivity contribution in [1.82, 2.24) is 9.80 Å². The van der Waals surface area contributed by atoms with Crippen LogP contribution in [0.4, 0.5) is 5.69 Å². The average molecular weight is 303 g/mol. The van der Waals surface area contributed by atoms with Gasteiger partial charge in [0.05, 0.1) is 4.92 Å². The van der Waals surface area contributed by atoms with Crippen molar-refractivity contribution >= 4 is 11.6 Å². The van der Waals surface area contributed by atoms with Crippen LogP contribution in [0.15, 0.2) is 30.9 Å². The Kier molecular flexibility index (Phi) is 5.27. The molecule has 1 aliphatic rings. The van der Waals surface area contributed by atoms with Gasteiger partial charge in [0.25, 0.3) is 11.6 Å². The fraction of sp³-hybridized carbons (Fsp3) is 0.438. The van der Waals surface area contributed by atoms with Gasteiger partial charge in [0.15, 0.2) is 0 Å². The van der Waals surface area contributed by atoms with Crippen LogP contribution in [-0.2, 0) is 0 Å². The molecule has 0 saturated carbocycles. The topological polar surface area (TPSA) is 66.7 Å². The Labute approximate surface area is 130 Å². The molecule has 6 heteroatoms. The first-order valence-corrected chi connectivity index (χ1v) is 7.40. The zero-order valence-electron chi connectivity index (χ0n) is 12.8. The van der Waals surface area contributed by atoms with Gasteiger partial charge >= 0.3 is 0 Å². The molecule has 0 unspecified atom stereocenters. The predicted octanol–water partition coefficient (Wildman–Crippen LogP) is 2.24. The molecule has 1 fully saturated rings. The molecule has 1 amide bonds. The van der Waals surface area contributed by atoms with E-state index in [9.17, 15) is 14.9 Å². The summed E-state index contributed by atoms with van der Waals surface area (Å²) >= 11 is 0. The molecule has 1 aromatic rings. The molecule has 118 valence electrons. The molecule has 2 rings (SSSR count). The van der Waals surface area contributed by atoms with Crippen molar-refractivity contribution in [2.75, 3.05) is 32.7 Å². The molecular weight excluding hydrogens is 282 g/mol. The Morgan fingerprint density at radius 3 is 2.77 bits per heavy atom. The highest BCUT2D eigenvalue weighted by Crippen LogP contribution is 2.20. The van der Waals surface area contributed by atoms with Crippen LogP contribution in [0.25, 0.3) is 0 Å². The van der Waals surface area contributed by atoms with E-state index in [2.05, 4.69) is 11.5 Å². The van der Waals surface area contributed by atoms with Crippen molar-refractivity contribution < 1.29 is 9.72 Å². The van der Waals surface area contributed by atoms with E-state index in [4.69, 9.17) is 0 Å². The summed E-state index contributed by atoms with van der Waals surface area (Å²) in [5.41, 5.74) is 1.07. The molecule has 0 radical (unpaired) electrons. The van der Waals surface area contributed by atoms with Crippen molar-refractivity contribution in [3.63, 3.8) is 0 Å². The van der Waals surface area contributed by atoms with Crippen molar-refractivity contribution in [1.29, 1.82) is 0 Å². The van der Waals surface area contributed by atoms with Crippen LogP contribution in [-0.4, -0.2) is 53.4 Å². The molecule has 1 heterocycles. The van der Waals surface area contributed by atoms with Gasteiger partial charge < -0.3 is 4.90 Å². The summed E-state index contributed by atoms with van der Waals surface area (Å²) in [6.45, 7) is 9.39. The van der Waals surface area contributed by atoms with E-state index in [0.29, 0.717) is 24.2 Å². The number of rotatable bonds is 4. The number of aryl methyl sites for hydroxylation is 1. The summed E-state index contributed by atoms with van der Waals surface area (Å²) in [5.74, 6) is -0.0570. The maximum atomic E-state index is 12.6. The molecule has 0 spiro atoms. The second-order valence-corrected chi connectivity index (χ2v) is 5.49. The van der Waals surface area contributed by atoms with Gasteiger partial charge in [-0.15, -0.1) is 6.58 Å². The van der Waals surface area contributed by atoms with Gasteiger partial charge in [-0.25, -0.2) is 0 Å². The van der Waals surface area contributed by atoms with Gasteiger partial charge in [-0.1, -0.05) is 6.08 Å². The monoisotopic (exact) mass is 303 g/mol. The molecular formula is C16H21N3O3. The van der Waals surface area contributed by atoms with E-state index in [1.165, 1.54) is 6.07 Å². The summed E-state index contributed by atoms with van der Waals surface area (Å²) in [5, 5.41) is 10.8. The lowest BCUT2D eigenvalue weighted by atomic mass is 10.1. The summed E-state index contributed by atoms with van der Waals surface area (Å²) in [7, 11) is 0. The minimum atomic E-state index is -0.428. The Morgan fingerprint density at radius 1 is 1.36 bits per heavy atom. The Balaban J connectivity index is 2.09. The quantitative estimate of drug-likeness (QED) is 0.486. The minimum Gasteiger partial charge on any atom is -0.337 e. The van der Waals surface area contributed by atoms with Crippen LogP contribution < -0.4 is 0 Å². The van der Waals surface area contributed by atoms with E-state index < -0.39 is 4.92 Å². The maximum Gasteiger partial charge on any atom is 0.272 e. The van der Waals surface area contributed by atoms with Crippen molar-refractivity contribution in [2.45, 2.75) is 13.3 Å². The highest BCUT2D eigenvalue weighted by molar-refractivity contribution is 5.94. The largest absolute Gasteiger partial charge is 0.337 e. The van der Waals surface area contributed by atoms with Crippen LogP contribution in [0.2, 0.25) is 0 Å². The molecule has 6 nitrogen and oxygen atoms in total. The lowest BCUT2D eigenvalue weighted by Crippen LogP contribution is -2.35. The van der Waals surface area contributed by atoms with E-state index in [0.717, 1.165) is 26.1 Å². The van der Waals surface area contributed by atoms with Crippen molar-refractivity contribution in [3.8, 4) is 0 Å². The number of nitrogens with zero attached hydrogens (tertiary/aromatic N) is 3. The smallest absolute Gasteiger partial charge is 0.272 e. The number of carbonyl (C=O) groups is 1. The predicted molar refractivity (Wildman–Crippen MR) is 85.0 cm³/mol. The van der Waals surface area contributed by atoms with Crippen LogP contribution >= 0.6 is 0 Å². The third-order valence-electron chi connectivity index (χ3n) is 3.90. The number of benzene rings is 1. The first kappa shape index (κ1) is 16.2. The summed E-state index contributed by atoms with van der Waals surface area (Å²) in [6.07, 6.45) is 2.79. The zero-order valence-corrected chi connectivity index (χ0v) is 12.8. The molecule has 1 saturated heterocycles. The number of nitro benzene ring substituents is 1. The summed E-state index contributed by atoms with van der Waals surface area (Å²) in [6, 6.07) is 4.55. The van der Waals surface area contributed by atoms with Crippen LogP contribution in [0, 0.1) is 17.0 Å². The van der Waals surface area contributed by atoms with Crippen LogP contribution in [0.5, 0.6) is 0 Å². The van der Waals surface area contributed by atoms with E-state index >= 15 is 0 Å². The molecule has 0 bridgehead atoms. The number of nitro groups is 1. The van der Waals surface area contributed by atoms with Gasteiger partial charge in [-0.05, 0) is 25.5 Å². The SMILES string of the molecule is C=CCN1CCCN(C(=O)c2ccc([N+](=O)[O-])c(C)c2)CC1. The number of hydrogen-bond donors (Lipinski definition) is 0. The fourth-order valence-electron chi connectivity index (χ4n) is 2.72. The van der Waals surface area contributed by atoms with Gasteiger partial charge in [0.1, 0.15) is 0 Å². The van der Waals surface area contributed by atoms with E-state index in [1.807, 2.05) is 11.0 Å². The van der Waals surface area contributed by atoms with Crippen LogP contribution in [0.3, 0.4) is 0 Å². The van der Waals surface area contributed by atoms with E-state index in [1.54, 1.807) is 19.1 Å². The molecule has 0 aromatic heterocycles. The van der Waals surface area contributed by atoms with Gasteiger partial charge in [-0.2, -0.15) is 0 Å². The lowest BCUT2D eigenvalue weighted by molar-refractivity contribution is -0.385. The lowest BCUT2D eigenvalue weighted by Gasteiger charge is -2.21. The number of carbonyl (C=O) groups excluding carboxylic acids is 1. The Morgan fingerprint density at radius 2 is 2.14 bits per heavy atom. The minimum absolute atomic E-state index is 0.0459. The molecule has 0 aliphatic carbocycles. The van der Waals surface area contributed by atoms with Crippen molar-refractivity contribution in [2.24, 2.45) is 0 Å². The van der Waals surface area contributed by atoms with Crippen molar-refractivity contribution in [3.05, 3.63) is 52.1 Å². The van der Waals surface area contributed by atoms with Gasteiger partial charge in [0, 0.05) is 49.9 Å². The average Bonchev–Trinajstić information content (AvgIpc) is 2.72. The third-order valence-corrected chi connectivity index (χ3v) is 3.90. The Bertz CT molecular complexity index is 586. The fourth-order valence-corrected chi connectivity index (χ4v) is 2.72. The molecule has 22 heavy (non-hydrogen) atoms. The first-order chi connectivity index (χ1) is 10.5. The molecule has 0 N–H and O–H groups in total. The molecule has 1 aliphatic heterocycles. The van der Waals surface area contributed by atoms with Gasteiger partial charge in [0.2, 0.25) is 0 Å². The van der Waals surface area contributed by atoms with Gasteiger partial charge in [-0.3, -0.25) is 19.8 Å². The highest BCUT2D eigenvalue weighted by atomic mass is 16.6. The number of amides is 1. The first-order valence-electron chi connectivity index (χ1n) is 7.40. The van der Waals surface area contributed by atoms with E-state index in [-0.39, 0.29) is 11.6 Å². The second kappa shape index (κ2) is 7.17. The molecule has 0 atom stereocenters. The third kappa shape index (κ3) is 3.71. The zero-order chi connectivity index (χ0) is 16.1. The summed E-state index contributed by atoms with van der Waals surface area (Å²) in [4.78, 5) is 27.1. The highest BCUT2D eigenvalue weighted by Gasteiger charge is 2.21. The maximum absolute atomic E-state index is 12.6. The standard InChI is InChI=1S/C16H21N3O3/c1-3-7-17-8-4-9-18(11-10-17)16(20)14-5-6-15(19(21)22)13(2)12-14/h3,5-6,12H,1,4,7-11H2,2H3. The van der Waals surface area contributed by atoms with Crippen LogP contribution in [0.1, 0.15) is 22.3 Å². The molecule has 1 aromatic carbocycles. The second-order valence-electron chi connectivity index (χ2n) is 5.49. The summed E-state index contributed by atoms with van der Waals surface area (Å²) < 4.78 is 0.